The third-order valence-electron chi connectivity index (χ3n) is 3.28. The molecule has 1 aromatic carbocycles. The van der Waals surface area contributed by atoms with Crippen LogP contribution in [0.1, 0.15) is 31.2 Å². The van der Waals surface area contributed by atoms with Crippen molar-refractivity contribution in [3.63, 3.8) is 0 Å². The normalized spacial score (nSPS) is 25.6. The van der Waals surface area contributed by atoms with E-state index in [0.29, 0.717) is 12.3 Å². The van der Waals surface area contributed by atoms with Crippen molar-refractivity contribution in [3.05, 3.63) is 29.8 Å². The molecule has 1 aliphatic rings. The highest BCUT2D eigenvalue weighted by Gasteiger charge is 2.22. The number of benzene rings is 1. The first-order chi connectivity index (χ1) is 7.77. The average Bonchev–Trinajstić information content (AvgIpc) is 2.30. The monoisotopic (exact) mass is 221 g/mol. The van der Waals surface area contributed by atoms with Crippen molar-refractivity contribution in [1.82, 2.24) is 5.32 Å². The number of hydrogen-bond acceptors (Lipinski definition) is 3. The number of para-hydroxylation sites is 1. The van der Waals surface area contributed by atoms with Gasteiger partial charge in [0, 0.05) is 18.2 Å². The summed E-state index contributed by atoms with van der Waals surface area (Å²) in [5, 5.41) is 22.7. The minimum atomic E-state index is -0.236. The summed E-state index contributed by atoms with van der Waals surface area (Å²) < 4.78 is 0. The lowest BCUT2D eigenvalue weighted by atomic mass is 9.92. The number of rotatable bonds is 3. The van der Waals surface area contributed by atoms with Gasteiger partial charge < -0.3 is 15.5 Å². The van der Waals surface area contributed by atoms with Crippen molar-refractivity contribution in [2.24, 2.45) is 0 Å². The molecular formula is C13H19NO2. The molecule has 0 spiro atoms. The molecule has 88 valence electrons. The van der Waals surface area contributed by atoms with Crippen LogP contribution in [0, 0.1) is 0 Å². The Bertz CT molecular complexity index is 340. The lowest BCUT2D eigenvalue weighted by Gasteiger charge is -2.28. The quantitative estimate of drug-likeness (QED) is 0.729. The lowest BCUT2D eigenvalue weighted by Crippen LogP contribution is -2.41. The molecule has 2 atom stereocenters. The smallest absolute Gasteiger partial charge is 0.120 e. The second-order valence-corrected chi connectivity index (χ2v) is 4.47. The molecule has 3 N–H and O–H groups in total. The van der Waals surface area contributed by atoms with Crippen LogP contribution in [-0.2, 0) is 6.54 Å². The summed E-state index contributed by atoms with van der Waals surface area (Å²) in [4.78, 5) is 0. The fourth-order valence-electron chi connectivity index (χ4n) is 2.25. The fraction of sp³-hybridized carbons (Fsp3) is 0.538. The Balaban J connectivity index is 1.89. The van der Waals surface area contributed by atoms with Gasteiger partial charge in [-0.1, -0.05) is 31.0 Å². The Morgan fingerprint density at radius 3 is 2.69 bits per heavy atom. The predicted octanol–water partition coefficient (Wildman–Crippen LogP) is 1.79. The second-order valence-electron chi connectivity index (χ2n) is 4.47. The number of aromatic hydroxyl groups is 1. The Morgan fingerprint density at radius 2 is 1.94 bits per heavy atom. The van der Waals surface area contributed by atoms with Gasteiger partial charge in [-0.05, 0) is 18.9 Å². The van der Waals surface area contributed by atoms with E-state index in [9.17, 15) is 10.2 Å². The summed E-state index contributed by atoms with van der Waals surface area (Å²) in [7, 11) is 0. The van der Waals surface area contributed by atoms with Crippen molar-refractivity contribution >= 4 is 0 Å². The first-order valence-electron chi connectivity index (χ1n) is 5.95. The van der Waals surface area contributed by atoms with Crippen LogP contribution >= 0.6 is 0 Å². The summed E-state index contributed by atoms with van der Waals surface area (Å²) in [5.41, 5.74) is 0.889. The second kappa shape index (κ2) is 5.32. The molecule has 0 bridgehead atoms. The Hall–Kier alpha value is -1.06. The maximum Gasteiger partial charge on any atom is 0.120 e. The van der Waals surface area contributed by atoms with Crippen LogP contribution in [0.2, 0.25) is 0 Å². The van der Waals surface area contributed by atoms with Crippen molar-refractivity contribution in [2.45, 2.75) is 44.4 Å². The molecule has 0 aliphatic heterocycles. The minimum absolute atomic E-state index is 0.174. The Labute approximate surface area is 96.1 Å². The molecule has 1 saturated carbocycles. The molecule has 0 radical (unpaired) electrons. The van der Waals surface area contributed by atoms with Crippen LogP contribution in [0.5, 0.6) is 5.75 Å². The maximum atomic E-state index is 9.79. The van der Waals surface area contributed by atoms with Gasteiger partial charge in [0.15, 0.2) is 0 Å². The largest absolute Gasteiger partial charge is 0.508 e. The van der Waals surface area contributed by atoms with E-state index in [0.717, 1.165) is 24.8 Å². The molecular weight excluding hydrogens is 202 g/mol. The zero-order valence-electron chi connectivity index (χ0n) is 9.39. The van der Waals surface area contributed by atoms with Gasteiger partial charge in [0.25, 0.3) is 0 Å². The van der Waals surface area contributed by atoms with Gasteiger partial charge in [-0.3, -0.25) is 0 Å². The highest BCUT2D eigenvalue weighted by atomic mass is 16.3. The number of phenolic OH excluding ortho intramolecular Hbond substituents is 1. The number of aliphatic hydroxyl groups excluding tert-OH is 1. The maximum absolute atomic E-state index is 9.79. The number of phenols is 1. The molecule has 0 heterocycles. The van der Waals surface area contributed by atoms with Crippen molar-refractivity contribution in [2.75, 3.05) is 0 Å². The highest BCUT2D eigenvalue weighted by Crippen LogP contribution is 2.20. The Kier molecular flexibility index (Phi) is 3.80. The number of hydrogen-bond donors (Lipinski definition) is 3. The number of aliphatic hydroxyl groups is 1. The van der Waals surface area contributed by atoms with Crippen molar-refractivity contribution in [1.29, 1.82) is 0 Å². The molecule has 0 aromatic heterocycles. The van der Waals surface area contributed by atoms with E-state index in [4.69, 9.17) is 0 Å². The standard InChI is InChI=1S/C13H19NO2/c15-12-7-3-1-5-10(12)9-14-11-6-2-4-8-13(11)16/h1,3,5,7,11,13-16H,2,4,6,8-9H2/t11-,13-/m1/s1. The van der Waals surface area contributed by atoms with Gasteiger partial charge in [0.1, 0.15) is 5.75 Å². The topological polar surface area (TPSA) is 52.5 Å². The zero-order chi connectivity index (χ0) is 11.4. The number of nitrogens with one attached hydrogen (secondary N) is 1. The van der Waals surface area contributed by atoms with Gasteiger partial charge in [0.05, 0.1) is 6.10 Å². The van der Waals surface area contributed by atoms with Gasteiger partial charge in [-0.2, -0.15) is 0 Å². The van der Waals surface area contributed by atoms with E-state index >= 15 is 0 Å². The van der Waals surface area contributed by atoms with E-state index in [1.807, 2.05) is 18.2 Å². The van der Waals surface area contributed by atoms with Crippen LogP contribution in [0.15, 0.2) is 24.3 Å². The van der Waals surface area contributed by atoms with Crippen LogP contribution in [-0.4, -0.2) is 22.4 Å². The summed E-state index contributed by atoms with van der Waals surface area (Å²) in [6, 6.07) is 7.49. The summed E-state index contributed by atoms with van der Waals surface area (Å²) in [6.45, 7) is 0.619. The summed E-state index contributed by atoms with van der Waals surface area (Å²) in [6.07, 6.45) is 3.97. The molecule has 0 saturated heterocycles. The molecule has 3 heteroatoms. The molecule has 3 nitrogen and oxygen atoms in total. The Morgan fingerprint density at radius 1 is 1.19 bits per heavy atom. The van der Waals surface area contributed by atoms with Crippen LogP contribution in [0.4, 0.5) is 0 Å². The van der Waals surface area contributed by atoms with E-state index < -0.39 is 0 Å². The lowest BCUT2D eigenvalue weighted by molar-refractivity contribution is 0.0901. The van der Waals surface area contributed by atoms with Crippen LogP contribution < -0.4 is 5.32 Å². The van der Waals surface area contributed by atoms with E-state index in [-0.39, 0.29) is 12.1 Å². The highest BCUT2D eigenvalue weighted by molar-refractivity contribution is 5.31. The summed E-state index contributed by atoms with van der Waals surface area (Å²) in [5.74, 6) is 0.320. The molecule has 0 amide bonds. The molecule has 1 aliphatic carbocycles. The first-order valence-corrected chi connectivity index (χ1v) is 5.95. The molecule has 0 unspecified atom stereocenters. The van der Waals surface area contributed by atoms with Crippen LogP contribution in [0.3, 0.4) is 0 Å². The summed E-state index contributed by atoms with van der Waals surface area (Å²) >= 11 is 0. The third-order valence-corrected chi connectivity index (χ3v) is 3.28. The molecule has 1 fully saturated rings. The van der Waals surface area contributed by atoms with Crippen molar-refractivity contribution in [3.8, 4) is 5.75 Å². The fourth-order valence-corrected chi connectivity index (χ4v) is 2.25. The van der Waals surface area contributed by atoms with E-state index in [2.05, 4.69) is 5.32 Å². The SMILES string of the molecule is Oc1ccccc1CN[C@@H]1CCCC[C@H]1O. The third kappa shape index (κ3) is 2.74. The minimum Gasteiger partial charge on any atom is -0.508 e. The van der Waals surface area contributed by atoms with E-state index in [1.165, 1.54) is 6.42 Å². The van der Waals surface area contributed by atoms with Gasteiger partial charge in [0.2, 0.25) is 0 Å². The molecule has 2 rings (SSSR count). The average molecular weight is 221 g/mol. The first kappa shape index (κ1) is 11.4. The molecule has 1 aromatic rings. The van der Waals surface area contributed by atoms with Crippen molar-refractivity contribution < 1.29 is 10.2 Å². The molecule has 16 heavy (non-hydrogen) atoms. The predicted molar refractivity (Wildman–Crippen MR) is 63.2 cm³/mol. The van der Waals surface area contributed by atoms with Crippen LogP contribution in [0.25, 0.3) is 0 Å². The van der Waals surface area contributed by atoms with Gasteiger partial charge in [-0.15, -0.1) is 0 Å². The van der Waals surface area contributed by atoms with E-state index in [1.54, 1.807) is 6.07 Å². The van der Waals surface area contributed by atoms with Gasteiger partial charge in [-0.25, -0.2) is 0 Å². The van der Waals surface area contributed by atoms with Gasteiger partial charge >= 0.3 is 0 Å². The zero-order valence-corrected chi connectivity index (χ0v) is 9.39.